The highest BCUT2D eigenvalue weighted by Gasteiger charge is 2.43. The van der Waals surface area contributed by atoms with Gasteiger partial charge in [0, 0.05) is 11.8 Å². The SMILES string of the molecule is CCc1cnc(C2=NC(C)(C(C)C)C(=O)N2)c(C2NC3CC=CC=C3O2)c1. The molecule has 1 fully saturated rings. The molecule has 0 radical (unpaired) electrons. The van der Waals surface area contributed by atoms with Gasteiger partial charge in [-0.3, -0.25) is 15.1 Å². The molecule has 0 spiro atoms. The summed E-state index contributed by atoms with van der Waals surface area (Å²) >= 11 is 0. The molecule has 27 heavy (non-hydrogen) atoms. The van der Waals surface area contributed by atoms with E-state index in [0.29, 0.717) is 11.5 Å². The first-order valence-electron chi connectivity index (χ1n) is 9.62. The van der Waals surface area contributed by atoms with Crippen molar-refractivity contribution in [3.8, 4) is 0 Å². The van der Waals surface area contributed by atoms with Crippen LogP contribution in [0.4, 0.5) is 0 Å². The molecule has 0 bridgehead atoms. The van der Waals surface area contributed by atoms with E-state index in [4.69, 9.17) is 9.73 Å². The number of nitrogens with zero attached hydrogens (tertiary/aromatic N) is 2. The molecule has 142 valence electrons. The second-order valence-corrected chi connectivity index (χ2v) is 7.80. The molecule has 6 nitrogen and oxygen atoms in total. The number of aryl methyl sites for hydroxylation is 1. The third-order valence-electron chi connectivity index (χ3n) is 5.77. The number of carbonyl (C=O) groups excluding carboxylic acids is 1. The number of carbonyl (C=O) groups is 1. The van der Waals surface area contributed by atoms with E-state index in [1.54, 1.807) is 0 Å². The number of allylic oxidation sites excluding steroid dienone is 2. The van der Waals surface area contributed by atoms with Crippen molar-refractivity contribution in [3.63, 3.8) is 0 Å². The first-order chi connectivity index (χ1) is 12.9. The van der Waals surface area contributed by atoms with Gasteiger partial charge in [0.1, 0.15) is 17.0 Å². The van der Waals surface area contributed by atoms with Crippen molar-refractivity contribution in [2.45, 2.75) is 58.3 Å². The van der Waals surface area contributed by atoms with Crippen molar-refractivity contribution in [1.82, 2.24) is 15.6 Å². The van der Waals surface area contributed by atoms with Crippen molar-refractivity contribution >= 4 is 11.7 Å². The van der Waals surface area contributed by atoms with Crippen LogP contribution in [-0.2, 0) is 16.0 Å². The largest absolute Gasteiger partial charge is 0.474 e. The molecule has 3 aliphatic rings. The highest BCUT2D eigenvalue weighted by Crippen LogP contribution is 2.34. The maximum absolute atomic E-state index is 12.6. The molecule has 4 rings (SSSR count). The summed E-state index contributed by atoms with van der Waals surface area (Å²) in [6, 6.07) is 2.28. The first kappa shape index (κ1) is 17.9. The van der Waals surface area contributed by atoms with Gasteiger partial charge < -0.3 is 10.1 Å². The average Bonchev–Trinajstić information content (AvgIpc) is 3.23. The fourth-order valence-electron chi connectivity index (χ4n) is 3.55. The summed E-state index contributed by atoms with van der Waals surface area (Å²) in [7, 11) is 0. The van der Waals surface area contributed by atoms with Crippen molar-refractivity contribution in [2.75, 3.05) is 0 Å². The highest BCUT2D eigenvalue weighted by molar-refractivity contribution is 6.15. The quantitative estimate of drug-likeness (QED) is 0.859. The average molecular weight is 366 g/mol. The van der Waals surface area contributed by atoms with Crippen LogP contribution in [0.25, 0.3) is 0 Å². The predicted molar refractivity (Wildman–Crippen MR) is 104 cm³/mol. The molecule has 0 saturated carbocycles. The zero-order valence-electron chi connectivity index (χ0n) is 16.2. The Hall–Kier alpha value is -2.47. The van der Waals surface area contributed by atoms with Crippen LogP contribution in [0.15, 0.2) is 41.2 Å². The Morgan fingerprint density at radius 1 is 1.41 bits per heavy atom. The van der Waals surface area contributed by atoms with E-state index in [9.17, 15) is 4.79 Å². The smallest absolute Gasteiger partial charge is 0.253 e. The number of ether oxygens (including phenoxy) is 1. The molecule has 3 heterocycles. The van der Waals surface area contributed by atoms with Gasteiger partial charge in [-0.05, 0) is 43.4 Å². The zero-order chi connectivity index (χ0) is 19.2. The molecule has 1 aromatic heterocycles. The van der Waals surface area contributed by atoms with Gasteiger partial charge in [-0.2, -0.15) is 0 Å². The Morgan fingerprint density at radius 3 is 2.89 bits per heavy atom. The molecule has 3 atom stereocenters. The summed E-state index contributed by atoms with van der Waals surface area (Å²) < 4.78 is 6.17. The molecule has 2 aliphatic heterocycles. The summed E-state index contributed by atoms with van der Waals surface area (Å²) in [4.78, 5) is 21.9. The van der Waals surface area contributed by atoms with Crippen LogP contribution < -0.4 is 10.6 Å². The number of fused-ring (bicyclic) bond motifs is 1. The lowest BCUT2D eigenvalue weighted by atomic mass is 9.89. The Morgan fingerprint density at radius 2 is 2.22 bits per heavy atom. The number of hydrogen-bond donors (Lipinski definition) is 2. The van der Waals surface area contributed by atoms with E-state index in [0.717, 1.165) is 29.7 Å². The Balaban J connectivity index is 1.74. The standard InChI is InChI=1S/C21H26N4O2/c1-5-13-10-14(19-23-15-8-6-7-9-16(15)27-19)17(22-11-13)18-24-20(26)21(4,25-18)12(2)3/h6-7,9-12,15,19,23H,5,8H2,1-4H3,(H,24,25,26). The maximum Gasteiger partial charge on any atom is 0.253 e. The molecular formula is C21H26N4O2. The summed E-state index contributed by atoms with van der Waals surface area (Å²) in [5.41, 5.74) is 1.94. The van der Waals surface area contributed by atoms with E-state index in [1.807, 2.05) is 39.1 Å². The minimum absolute atomic E-state index is 0.0827. The van der Waals surface area contributed by atoms with Gasteiger partial charge in [0.25, 0.3) is 5.91 Å². The lowest BCUT2D eigenvalue weighted by Crippen LogP contribution is -2.41. The van der Waals surface area contributed by atoms with Crippen molar-refractivity contribution < 1.29 is 9.53 Å². The fraction of sp³-hybridized carbons (Fsp3) is 0.476. The van der Waals surface area contributed by atoms with Crippen LogP contribution in [-0.4, -0.2) is 28.3 Å². The molecule has 3 unspecified atom stereocenters. The van der Waals surface area contributed by atoms with E-state index in [-0.39, 0.29) is 24.1 Å². The molecule has 1 aromatic rings. The Bertz CT molecular complexity index is 871. The van der Waals surface area contributed by atoms with Gasteiger partial charge in [-0.1, -0.05) is 32.9 Å². The van der Waals surface area contributed by atoms with Crippen LogP contribution in [0.5, 0.6) is 0 Å². The lowest BCUT2D eigenvalue weighted by Gasteiger charge is -2.21. The zero-order valence-corrected chi connectivity index (χ0v) is 16.2. The van der Waals surface area contributed by atoms with Gasteiger partial charge in [-0.15, -0.1) is 0 Å². The normalized spacial score (nSPS) is 29.3. The van der Waals surface area contributed by atoms with E-state index < -0.39 is 5.54 Å². The van der Waals surface area contributed by atoms with Gasteiger partial charge in [0.05, 0.1) is 6.04 Å². The van der Waals surface area contributed by atoms with Crippen molar-refractivity contribution in [1.29, 1.82) is 0 Å². The monoisotopic (exact) mass is 366 g/mol. The molecule has 1 saturated heterocycles. The van der Waals surface area contributed by atoms with Gasteiger partial charge in [0.2, 0.25) is 0 Å². The minimum Gasteiger partial charge on any atom is -0.474 e. The van der Waals surface area contributed by atoms with Crippen LogP contribution in [0, 0.1) is 5.92 Å². The van der Waals surface area contributed by atoms with Crippen LogP contribution in [0.2, 0.25) is 0 Å². The number of rotatable bonds is 4. The third kappa shape index (κ3) is 2.98. The number of amides is 1. The third-order valence-corrected chi connectivity index (χ3v) is 5.77. The topological polar surface area (TPSA) is 75.6 Å². The maximum atomic E-state index is 12.6. The number of pyridine rings is 1. The predicted octanol–water partition coefficient (Wildman–Crippen LogP) is 2.77. The lowest BCUT2D eigenvalue weighted by molar-refractivity contribution is -0.124. The second-order valence-electron chi connectivity index (χ2n) is 7.80. The number of amidine groups is 1. The van der Waals surface area contributed by atoms with E-state index >= 15 is 0 Å². The Kier molecular flexibility index (Phi) is 4.38. The van der Waals surface area contributed by atoms with Gasteiger partial charge in [-0.25, -0.2) is 4.99 Å². The van der Waals surface area contributed by atoms with Crippen LogP contribution >= 0.6 is 0 Å². The number of hydrogen-bond acceptors (Lipinski definition) is 5. The summed E-state index contributed by atoms with van der Waals surface area (Å²) in [5.74, 6) is 1.48. The van der Waals surface area contributed by atoms with Gasteiger partial charge in [0.15, 0.2) is 12.1 Å². The number of aromatic nitrogens is 1. The van der Waals surface area contributed by atoms with Crippen LogP contribution in [0.1, 0.15) is 57.2 Å². The summed E-state index contributed by atoms with van der Waals surface area (Å²) in [6.45, 7) is 7.98. The van der Waals surface area contributed by atoms with Crippen LogP contribution in [0.3, 0.4) is 0 Å². The molecular weight excluding hydrogens is 340 g/mol. The fourth-order valence-corrected chi connectivity index (χ4v) is 3.55. The molecule has 6 heteroatoms. The summed E-state index contributed by atoms with van der Waals surface area (Å²) in [5, 5.41) is 6.47. The first-order valence-corrected chi connectivity index (χ1v) is 9.62. The van der Waals surface area contributed by atoms with Crippen molar-refractivity contribution in [2.24, 2.45) is 10.9 Å². The number of nitrogens with one attached hydrogen (secondary N) is 2. The van der Waals surface area contributed by atoms with Gasteiger partial charge >= 0.3 is 0 Å². The summed E-state index contributed by atoms with van der Waals surface area (Å²) in [6.07, 6.45) is 9.48. The Labute approximate surface area is 159 Å². The van der Waals surface area contributed by atoms with Crippen molar-refractivity contribution in [3.05, 3.63) is 53.1 Å². The molecule has 1 amide bonds. The van der Waals surface area contributed by atoms with E-state index in [1.165, 1.54) is 0 Å². The highest BCUT2D eigenvalue weighted by atomic mass is 16.5. The molecule has 0 aromatic carbocycles. The van der Waals surface area contributed by atoms with E-state index in [2.05, 4.69) is 34.7 Å². The molecule has 2 N–H and O–H groups in total. The minimum atomic E-state index is -0.776. The molecule has 1 aliphatic carbocycles. The number of aliphatic imine (C=N–C) groups is 1. The second kappa shape index (κ2) is 6.60.